The molecule has 186 valence electrons. The van der Waals surface area contributed by atoms with Crippen molar-refractivity contribution in [1.29, 1.82) is 0 Å². The van der Waals surface area contributed by atoms with Gasteiger partial charge >= 0.3 is 0 Å². The zero-order valence-corrected chi connectivity index (χ0v) is 20.8. The number of hydrogen-bond acceptors (Lipinski definition) is 7. The van der Waals surface area contributed by atoms with Crippen molar-refractivity contribution in [2.75, 3.05) is 26.1 Å². The van der Waals surface area contributed by atoms with E-state index in [1.165, 1.54) is 12.3 Å². The Bertz CT molecular complexity index is 1110. The number of anilines is 1. The first-order valence-corrected chi connectivity index (χ1v) is 11.8. The molecule has 2 heterocycles. The Morgan fingerprint density at radius 2 is 2.03 bits per heavy atom. The van der Waals surface area contributed by atoms with E-state index in [1.54, 1.807) is 7.11 Å². The van der Waals surface area contributed by atoms with Gasteiger partial charge in [0.15, 0.2) is 5.82 Å². The lowest BCUT2D eigenvalue weighted by Crippen LogP contribution is -2.26. The minimum atomic E-state index is -0.414. The summed E-state index contributed by atoms with van der Waals surface area (Å²) in [4.78, 5) is 12.2. The molecular weight excluding hydrogens is 461 g/mol. The molecule has 0 radical (unpaired) electrons. The van der Waals surface area contributed by atoms with Gasteiger partial charge in [0.2, 0.25) is 5.95 Å². The Hall–Kier alpha value is -2.33. The number of benzene rings is 1. The molecule has 0 spiro atoms. The quantitative estimate of drug-likeness (QED) is 0.478. The van der Waals surface area contributed by atoms with Crippen molar-refractivity contribution in [2.45, 2.75) is 64.7 Å². The molecule has 1 aliphatic rings. The Morgan fingerprint density at radius 1 is 1.26 bits per heavy atom. The SMILES string of the molecule is COCCOC1CCCC(O)C1.Cc1nc2c(F)cc(-c3nc(N)ncc3Cl)cc2n1C(C)C. The molecule has 0 amide bonds. The molecule has 34 heavy (non-hydrogen) atoms. The summed E-state index contributed by atoms with van der Waals surface area (Å²) in [6.45, 7) is 7.19. The average molecular weight is 494 g/mol. The lowest BCUT2D eigenvalue weighted by Gasteiger charge is -2.25. The summed E-state index contributed by atoms with van der Waals surface area (Å²) in [5.41, 5.74) is 7.60. The third kappa shape index (κ3) is 6.41. The molecule has 8 nitrogen and oxygen atoms in total. The van der Waals surface area contributed by atoms with Gasteiger partial charge in [0.25, 0.3) is 0 Å². The largest absolute Gasteiger partial charge is 0.393 e. The van der Waals surface area contributed by atoms with Crippen LogP contribution in [0.4, 0.5) is 10.3 Å². The Morgan fingerprint density at radius 3 is 2.71 bits per heavy atom. The Labute approximate surface area is 204 Å². The molecule has 10 heteroatoms. The number of aliphatic hydroxyl groups is 1. The van der Waals surface area contributed by atoms with Crippen molar-refractivity contribution < 1.29 is 19.0 Å². The maximum absolute atomic E-state index is 14.4. The number of nitrogen functional groups attached to an aromatic ring is 1. The maximum atomic E-state index is 14.4. The van der Waals surface area contributed by atoms with E-state index < -0.39 is 5.82 Å². The predicted molar refractivity (Wildman–Crippen MR) is 131 cm³/mol. The number of nitrogens with two attached hydrogens (primary N) is 1. The molecule has 2 aromatic heterocycles. The number of nitrogens with zero attached hydrogens (tertiary/aromatic N) is 4. The minimum Gasteiger partial charge on any atom is -0.393 e. The van der Waals surface area contributed by atoms with Crippen LogP contribution in [0, 0.1) is 12.7 Å². The second-order valence-electron chi connectivity index (χ2n) is 8.68. The van der Waals surface area contributed by atoms with E-state index in [1.807, 2.05) is 31.4 Å². The minimum absolute atomic E-state index is 0.0912. The third-order valence-corrected chi connectivity index (χ3v) is 5.99. The third-order valence-electron chi connectivity index (χ3n) is 5.72. The number of aliphatic hydroxyl groups excluding tert-OH is 1. The highest BCUT2D eigenvalue weighted by atomic mass is 35.5. The van der Waals surface area contributed by atoms with E-state index in [0.29, 0.717) is 40.5 Å². The normalized spacial score (nSPS) is 18.2. The van der Waals surface area contributed by atoms with E-state index in [2.05, 4.69) is 15.0 Å². The van der Waals surface area contributed by atoms with Crippen molar-refractivity contribution in [1.82, 2.24) is 19.5 Å². The summed E-state index contributed by atoms with van der Waals surface area (Å²) in [6, 6.07) is 3.35. The van der Waals surface area contributed by atoms with Gasteiger partial charge in [0, 0.05) is 18.7 Å². The first-order chi connectivity index (χ1) is 16.2. The second-order valence-corrected chi connectivity index (χ2v) is 9.09. The highest BCUT2D eigenvalue weighted by Crippen LogP contribution is 2.31. The van der Waals surface area contributed by atoms with Gasteiger partial charge in [0.1, 0.15) is 11.3 Å². The number of fused-ring (bicyclic) bond motifs is 1. The summed E-state index contributed by atoms with van der Waals surface area (Å²) in [5.74, 6) is 0.436. The molecule has 1 fully saturated rings. The van der Waals surface area contributed by atoms with Gasteiger partial charge in [0.05, 0.1) is 47.9 Å². The summed E-state index contributed by atoms with van der Waals surface area (Å²) < 4.78 is 26.8. The van der Waals surface area contributed by atoms with Gasteiger partial charge in [-0.1, -0.05) is 11.6 Å². The smallest absolute Gasteiger partial charge is 0.220 e. The van der Waals surface area contributed by atoms with Crippen LogP contribution in [0.2, 0.25) is 5.02 Å². The number of halogens is 2. The lowest BCUT2D eigenvalue weighted by atomic mass is 9.95. The van der Waals surface area contributed by atoms with Crippen LogP contribution in [0.1, 0.15) is 51.4 Å². The van der Waals surface area contributed by atoms with E-state index >= 15 is 0 Å². The fourth-order valence-corrected chi connectivity index (χ4v) is 4.41. The Kier molecular flexibility index (Phi) is 9.18. The molecule has 2 unspecified atom stereocenters. The van der Waals surface area contributed by atoms with Crippen LogP contribution in [-0.2, 0) is 9.47 Å². The van der Waals surface area contributed by atoms with Crippen LogP contribution in [0.3, 0.4) is 0 Å². The van der Waals surface area contributed by atoms with Gasteiger partial charge in [-0.25, -0.2) is 19.3 Å². The molecular formula is C24H33ClFN5O3. The van der Waals surface area contributed by atoms with Crippen LogP contribution >= 0.6 is 11.6 Å². The summed E-state index contributed by atoms with van der Waals surface area (Å²) >= 11 is 6.12. The standard InChI is InChI=1S/C15H15ClFN5.C9H18O3/c1-7(2)22-8(3)20-14-11(17)4-9(5-12(14)22)13-10(16)6-19-15(18)21-13;1-11-5-6-12-9-4-2-3-8(10)7-9/h4-7H,1-3H3,(H2,18,19,21);8-10H,2-7H2,1H3. The number of rotatable bonds is 6. The molecule has 3 N–H and O–H groups in total. The topological polar surface area (TPSA) is 108 Å². The number of aromatic nitrogens is 4. The van der Waals surface area contributed by atoms with Gasteiger partial charge in [-0.15, -0.1) is 0 Å². The summed E-state index contributed by atoms with van der Waals surface area (Å²) in [7, 11) is 1.67. The fourth-order valence-electron chi connectivity index (χ4n) is 4.21. The van der Waals surface area contributed by atoms with Crippen molar-refractivity contribution in [2.24, 2.45) is 0 Å². The van der Waals surface area contributed by atoms with Crippen LogP contribution in [0.5, 0.6) is 0 Å². The van der Waals surface area contributed by atoms with Crippen molar-refractivity contribution in [3.05, 3.63) is 35.0 Å². The average Bonchev–Trinajstić information content (AvgIpc) is 3.13. The zero-order valence-electron chi connectivity index (χ0n) is 20.1. The van der Waals surface area contributed by atoms with Crippen LogP contribution < -0.4 is 5.73 Å². The van der Waals surface area contributed by atoms with Crippen molar-refractivity contribution >= 4 is 28.6 Å². The predicted octanol–water partition coefficient (Wildman–Crippen LogP) is 4.71. The molecule has 1 aromatic carbocycles. The van der Waals surface area contributed by atoms with Gasteiger partial charge in [-0.3, -0.25) is 0 Å². The lowest BCUT2D eigenvalue weighted by molar-refractivity contribution is -0.0310. The molecule has 2 atom stereocenters. The highest BCUT2D eigenvalue weighted by molar-refractivity contribution is 6.33. The highest BCUT2D eigenvalue weighted by Gasteiger charge is 2.20. The maximum Gasteiger partial charge on any atom is 0.220 e. The monoisotopic (exact) mass is 493 g/mol. The van der Waals surface area contributed by atoms with Gasteiger partial charge in [-0.05, 0) is 58.6 Å². The van der Waals surface area contributed by atoms with Crippen LogP contribution in [-0.4, -0.2) is 57.2 Å². The number of ether oxygens (including phenoxy) is 2. The van der Waals surface area contributed by atoms with Crippen LogP contribution in [0.25, 0.3) is 22.3 Å². The van der Waals surface area contributed by atoms with E-state index in [-0.39, 0.29) is 24.2 Å². The van der Waals surface area contributed by atoms with E-state index in [9.17, 15) is 9.50 Å². The first-order valence-electron chi connectivity index (χ1n) is 11.5. The zero-order chi connectivity index (χ0) is 24.8. The molecule has 1 aliphatic carbocycles. The molecule has 4 rings (SSSR count). The molecule has 0 aliphatic heterocycles. The molecule has 0 bridgehead atoms. The van der Waals surface area contributed by atoms with Gasteiger partial charge < -0.3 is 24.9 Å². The number of methoxy groups -OCH3 is 1. The second kappa shape index (κ2) is 11.9. The van der Waals surface area contributed by atoms with Crippen LogP contribution in [0.15, 0.2) is 18.3 Å². The molecule has 0 saturated heterocycles. The fraction of sp³-hybridized carbons (Fsp3) is 0.542. The van der Waals surface area contributed by atoms with Crippen molar-refractivity contribution in [3.63, 3.8) is 0 Å². The number of hydrogen-bond donors (Lipinski definition) is 2. The molecule has 1 saturated carbocycles. The van der Waals surface area contributed by atoms with E-state index in [4.69, 9.17) is 26.8 Å². The van der Waals surface area contributed by atoms with Crippen molar-refractivity contribution in [3.8, 4) is 11.3 Å². The van der Waals surface area contributed by atoms with Gasteiger partial charge in [-0.2, -0.15) is 0 Å². The summed E-state index contributed by atoms with van der Waals surface area (Å²) in [6.07, 6.45) is 5.41. The number of aryl methyl sites for hydroxylation is 1. The first kappa shape index (κ1) is 26.3. The number of imidazole rings is 1. The molecule has 3 aromatic rings. The summed E-state index contributed by atoms with van der Waals surface area (Å²) in [5, 5.41) is 9.64. The Balaban J connectivity index is 0.000000229. The van der Waals surface area contributed by atoms with E-state index in [0.717, 1.165) is 31.5 Å².